The Bertz CT molecular complexity index is 790. The van der Waals surface area contributed by atoms with Gasteiger partial charge in [0.15, 0.2) is 6.04 Å². The van der Waals surface area contributed by atoms with Crippen molar-refractivity contribution in [2.45, 2.75) is 44.1 Å². The first-order valence-corrected chi connectivity index (χ1v) is 9.10. The maximum atomic E-state index is 13.5. The van der Waals surface area contributed by atoms with Gasteiger partial charge in [-0.1, -0.05) is 12.1 Å². The van der Waals surface area contributed by atoms with E-state index in [0.717, 1.165) is 36.0 Å². The molecule has 2 aliphatic heterocycles. The molecule has 4 rings (SSSR count). The summed E-state index contributed by atoms with van der Waals surface area (Å²) < 4.78 is 54.8. The third kappa shape index (κ3) is 3.92. The van der Waals surface area contributed by atoms with Crippen LogP contribution in [0.25, 0.3) is 0 Å². The molecule has 1 N–H and O–H groups in total. The highest BCUT2D eigenvalue weighted by Gasteiger charge is 2.48. The summed E-state index contributed by atoms with van der Waals surface area (Å²) in [7, 11) is 0. The molecule has 3 heterocycles. The quantitative estimate of drug-likeness (QED) is 0.823. The lowest BCUT2D eigenvalue weighted by Gasteiger charge is -2.41. The Morgan fingerprint density at radius 1 is 1.26 bits per heavy atom. The maximum absolute atomic E-state index is 13.5. The molecule has 1 aromatic carbocycles. The fraction of sp³-hybridized carbons (Fsp3) is 0.556. The molecule has 1 aromatic heterocycles. The lowest BCUT2D eigenvalue weighted by atomic mass is 9.86. The van der Waals surface area contributed by atoms with Gasteiger partial charge in [-0.05, 0) is 49.4 Å². The van der Waals surface area contributed by atoms with Crippen molar-refractivity contribution in [3.63, 3.8) is 0 Å². The number of anilines is 1. The van der Waals surface area contributed by atoms with Crippen molar-refractivity contribution < 1.29 is 17.6 Å². The number of hydrogen-bond donors (Lipinski definition) is 1. The minimum absolute atomic E-state index is 0.0572. The predicted molar refractivity (Wildman–Crippen MR) is 91.5 cm³/mol. The van der Waals surface area contributed by atoms with Gasteiger partial charge < -0.3 is 5.32 Å². The monoisotopic (exact) mass is 383 g/mol. The molecule has 1 saturated heterocycles. The molecule has 5 nitrogen and oxygen atoms in total. The second-order valence-corrected chi connectivity index (χ2v) is 7.34. The van der Waals surface area contributed by atoms with Crippen molar-refractivity contribution in [3.8, 4) is 0 Å². The van der Waals surface area contributed by atoms with Crippen molar-refractivity contribution in [2.24, 2.45) is 5.92 Å². The largest absolute Gasteiger partial charge is 0.411 e. The van der Waals surface area contributed by atoms with Gasteiger partial charge in [0.05, 0.1) is 0 Å². The zero-order chi connectivity index (χ0) is 19.0. The summed E-state index contributed by atoms with van der Waals surface area (Å²) in [5.41, 5.74) is 0.875. The van der Waals surface area contributed by atoms with Crippen LogP contribution in [-0.2, 0) is 6.54 Å². The van der Waals surface area contributed by atoms with Crippen molar-refractivity contribution >= 4 is 5.95 Å². The van der Waals surface area contributed by atoms with Crippen LogP contribution < -0.4 is 5.32 Å². The number of nitrogens with one attached hydrogen (secondary N) is 1. The number of nitrogens with zero attached hydrogens (tertiary/aromatic N) is 4. The Morgan fingerprint density at radius 2 is 2.11 bits per heavy atom. The Morgan fingerprint density at radius 3 is 2.89 bits per heavy atom. The van der Waals surface area contributed by atoms with Gasteiger partial charge >= 0.3 is 6.18 Å². The molecule has 0 aliphatic carbocycles. The van der Waals surface area contributed by atoms with E-state index in [1.54, 1.807) is 6.07 Å². The number of aromatic nitrogens is 3. The third-order valence-electron chi connectivity index (χ3n) is 5.44. The molecule has 2 aromatic rings. The minimum atomic E-state index is -4.36. The number of rotatable bonds is 3. The fourth-order valence-corrected chi connectivity index (χ4v) is 4.19. The van der Waals surface area contributed by atoms with E-state index in [-0.39, 0.29) is 30.1 Å². The van der Waals surface area contributed by atoms with Crippen LogP contribution in [0.15, 0.2) is 30.6 Å². The standard InChI is InChI=1S/C18H21F4N5/c19-14-5-1-3-12(7-14)9-26-6-2-4-13(10-26)15-8-16(18(20,21)22)27-17(25-15)23-11-24-27/h1,3,5,7,11,13,15-16H,2,4,6,8-10H2,(H,23,24,25)/t13-,15-,16+/m0/s1. The molecule has 0 unspecified atom stereocenters. The zero-order valence-electron chi connectivity index (χ0n) is 14.7. The van der Waals surface area contributed by atoms with Crippen molar-refractivity contribution in [3.05, 3.63) is 42.0 Å². The number of hydrogen-bond acceptors (Lipinski definition) is 4. The van der Waals surface area contributed by atoms with Gasteiger partial charge in [-0.15, -0.1) is 0 Å². The molecule has 1 fully saturated rings. The van der Waals surface area contributed by atoms with Crippen molar-refractivity contribution in [1.82, 2.24) is 19.7 Å². The molecule has 0 bridgehead atoms. The van der Waals surface area contributed by atoms with Crippen LogP contribution in [0.2, 0.25) is 0 Å². The molecule has 0 radical (unpaired) electrons. The highest BCUT2D eigenvalue weighted by atomic mass is 19.4. The van der Waals surface area contributed by atoms with Gasteiger partial charge in [0.25, 0.3) is 0 Å². The van der Waals surface area contributed by atoms with Crippen molar-refractivity contribution in [1.29, 1.82) is 0 Å². The average Bonchev–Trinajstić information content (AvgIpc) is 3.08. The molecule has 146 valence electrons. The fourth-order valence-electron chi connectivity index (χ4n) is 4.19. The van der Waals surface area contributed by atoms with Crippen LogP contribution in [0.1, 0.15) is 30.9 Å². The van der Waals surface area contributed by atoms with E-state index in [4.69, 9.17) is 0 Å². The van der Waals surface area contributed by atoms with Crippen LogP contribution in [0.5, 0.6) is 0 Å². The maximum Gasteiger partial charge on any atom is 0.411 e. The van der Waals surface area contributed by atoms with Crippen LogP contribution >= 0.6 is 0 Å². The number of alkyl halides is 3. The SMILES string of the molecule is Fc1cccc(CN2CCC[C@H]([C@@H]3C[C@H](C(F)(F)F)n4ncnc4N3)C2)c1. The molecular weight excluding hydrogens is 362 g/mol. The summed E-state index contributed by atoms with van der Waals surface area (Å²) in [6.07, 6.45) is -1.50. The summed E-state index contributed by atoms with van der Waals surface area (Å²) in [6.45, 7) is 2.13. The molecular formula is C18H21F4N5. The summed E-state index contributed by atoms with van der Waals surface area (Å²) in [4.78, 5) is 6.13. The molecule has 27 heavy (non-hydrogen) atoms. The normalized spacial score (nSPS) is 26.4. The lowest BCUT2D eigenvalue weighted by molar-refractivity contribution is -0.174. The van der Waals surface area contributed by atoms with Crippen LogP contribution in [0.4, 0.5) is 23.5 Å². The van der Waals surface area contributed by atoms with Gasteiger partial charge in [0.1, 0.15) is 12.1 Å². The summed E-state index contributed by atoms with van der Waals surface area (Å²) >= 11 is 0. The summed E-state index contributed by atoms with van der Waals surface area (Å²) in [5.74, 6) is -0.0270. The van der Waals surface area contributed by atoms with Crippen LogP contribution in [0, 0.1) is 11.7 Å². The number of halogens is 4. The van der Waals surface area contributed by atoms with E-state index in [0.29, 0.717) is 13.1 Å². The van der Waals surface area contributed by atoms with Crippen LogP contribution in [-0.4, -0.2) is 45.0 Å². The van der Waals surface area contributed by atoms with Gasteiger partial charge in [0, 0.05) is 19.1 Å². The third-order valence-corrected chi connectivity index (χ3v) is 5.44. The number of likely N-dealkylation sites (tertiary alicyclic amines) is 1. The molecule has 2 aliphatic rings. The van der Waals surface area contributed by atoms with E-state index in [2.05, 4.69) is 20.3 Å². The second-order valence-electron chi connectivity index (χ2n) is 7.34. The van der Waals surface area contributed by atoms with E-state index in [1.807, 2.05) is 6.07 Å². The predicted octanol–water partition coefficient (Wildman–Crippen LogP) is 3.62. The molecule has 3 atom stereocenters. The Hall–Kier alpha value is -2.16. The summed E-state index contributed by atoms with van der Waals surface area (Å²) in [5, 5.41) is 6.89. The Balaban J connectivity index is 1.47. The first-order chi connectivity index (χ1) is 12.9. The Kier molecular flexibility index (Phi) is 4.79. The van der Waals surface area contributed by atoms with E-state index < -0.39 is 12.2 Å². The van der Waals surface area contributed by atoms with Gasteiger partial charge in [0.2, 0.25) is 5.95 Å². The van der Waals surface area contributed by atoms with Gasteiger partial charge in [-0.25, -0.2) is 9.07 Å². The van der Waals surface area contributed by atoms with E-state index in [1.165, 1.54) is 12.1 Å². The molecule has 0 amide bonds. The first-order valence-electron chi connectivity index (χ1n) is 9.10. The number of fused-ring (bicyclic) bond motifs is 1. The molecule has 0 saturated carbocycles. The molecule has 0 spiro atoms. The Labute approximate surface area is 154 Å². The topological polar surface area (TPSA) is 46.0 Å². The van der Waals surface area contributed by atoms with Gasteiger partial charge in [-0.3, -0.25) is 4.90 Å². The number of piperidine rings is 1. The first kappa shape index (κ1) is 18.2. The smallest absolute Gasteiger partial charge is 0.351 e. The summed E-state index contributed by atoms with van der Waals surface area (Å²) in [6, 6.07) is 4.49. The van der Waals surface area contributed by atoms with Gasteiger partial charge in [-0.2, -0.15) is 23.3 Å². The van der Waals surface area contributed by atoms with Crippen LogP contribution in [0.3, 0.4) is 0 Å². The van der Waals surface area contributed by atoms with E-state index in [9.17, 15) is 17.6 Å². The number of benzene rings is 1. The van der Waals surface area contributed by atoms with E-state index >= 15 is 0 Å². The second kappa shape index (κ2) is 7.10. The zero-order valence-corrected chi connectivity index (χ0v) is 14.7. The molecule has 9 heteroatoms. The minimum Gasteiger partial charge on any atom is -0.351 e. The highest BCUT2D eigenvalue weighted by molar-refractivity contribution is 5.30. The average molecular weight is 383 g/mol. The van der Waals surface area contributed by atoms with Crippen molar-refractivity contribution in [2.75, 3.05) is 18.4 Å². The lowest BCUT2D eigenvalue weighted by Crippen LogP contribution is -2.47. The highest BCUT2D eigenvalue weighted by Crippen LogP contribution is 2.40.